The monoisotopic (exact) mass is 392 g/mol. The van der Waals surface area contributed by atoms with E-state index in [2.05, 4.69) is 6.92 Å². The van der Waals surface area contributed by atoms with Crippen molar-refractivity contribution in [2.75, 3.05) is 6.61 Å². The maximum Gasteiger partial charge on any atom is 0.328 e. The number of esters is 1. The van der Waals surface area contributed by atoms with Crippen LogP contribution < -0.4 is 0 Å². The zero-order chi connectivity index (χ0) is 21.1. The van der Waals surface area contributed by atoms with Gasteiger partial charge in [-0.15, -0.1) is 0 Å². The lowest BCUT2D eigenvalue weighted by Gasteiger charge is -2.41. The smallest absolute Gasteiger partial charge is 0.328 e. The largest absolute Gasteiger partial charge is 0.493 e. The van der Waals surface area contributed by atoms with Gasteiger partial charge in [-0.2, -0.15) is 0 Å². The number of ether oxygens (including phenoxy) is 2. The lowest BCUT2D eigenvalue weighted by atomic mass is 9.74. The lowest BCUT2D eigenvalue weighted by molar-refractivity contribution is -0.179. The van der Waals surface area contributed by atoms with E-state index in [-0.39, 0.29) is 18.3 Å². The standard InChI is InChI=1S/C21H28O7/c1-5-12(2)8-13(3)20(25)28-19-16-11-27-15(6-7-18(23)24)9-14(16)10-17(22)21(19,4)26/h6-7,9-10,12-13,16,19,26H,5,8,11H2,1-4H3,(H,23,24)/t12-,13-,16-,19-,21+/m0/s1. The van der Waals surface area contributed by atoms with E-state index in [0.717, 1.165) is 12.5 Å². The van der Waals surface area contributed by atoms with Crippen LogP contribution in [0.5, 0.6) is 0 Å². The number of aliphatic carboxylic acids is 1. The van der Waals surface area contributed by atoms with Crippen LogP contribution in [0.1, 0.15) is 40.5 Å². The van der Waals surface area contributed by atoms with E-state index in [1.807, 2.05) is 6.92 Å². The summed E-state index contributed by atoms with van der Waals surface area (Å²) in [5, 5.41) is 19.4. The Balaban J connectivity index is 2.23. The van der Waals surface area contributed by atoms with Crippen molar-refractivity contribution in [1.29, 1.82) is 0 Å². The van der Waals surface area contributed by atoms with Gasteiger partial charge in [0.15, 0.2) is 11.4 Å². The van der Waals surface area contributed by atoms with Crippen LogP contribution in [0.25, 0.3) is 0 Å². The quantitative estimate of drug-likeness (QED) is 0.506. The molecule has 1 heterocycles. The zero-order valence-electron chi connectivity index (χ0n) is 16.7. The topological polar surface area (TPSA) is 110 Å². The number of carboxylic acids is 1. The number of carbonyl (C=O) groups excluding carboxylic acids is 2. The number of carboxylic acid groups (broad SMARTS) is 1. The molecule has 7 nitrogen and oxygen atoms in total. The van der Waals surface area contributed by atoms with Crippen molar-refractivity contribution in [1.82, 2.24) is 0 Å². The van der Waals surface area contributed by atoms with Gasteiger partial charge in [0.05, 0.1) is 18.4 Å². The van der Waals surface area contributed by atoms with Gasteiger partial charge in [-0.3, -0.25) is 9.59 Å². The molecule has 154 valence electrons. The molecule has 0 saturated carbocycles. The van der Waals surface area contributed by atoms with Crippen molar-refractivity contribution in [2.45, 2.75) is 52.2 Å². The number of ketones is 1. The van der Waals surface area contributed by atoms with Gasteiger partial charge in [0.25, 0.3) is 0 Å². The van der Waals surface area contributed by atoms with Crippen LogP contribution in [0.2, 0.25) is 0 Å². The molecular weight excluding hydrogens is 364 g/mol. The van der Waals surface area contributed by atoms with Crippen molar-refractivity contribution < 1.29 is 34.1 Å². The minimum Gasteiger partial charge on any atom is -0.493 e. The number of fused-ring (bicyclic) bond motifs is 1. The Bertz CT molecular complexity index is 729. The highest BCUT2D eigenvalue weighted by Gasteiger charge is 2.51. The van der Waals surface area contributed by atoms with Crippen LogP contribution in [0.15, 0.2) is 35.6 Å². The molecule has 0 aromatic carbocycles. The first-order valence-electron chi connectivity index (χ1n) is 9.50. The highest BCUT2D eigenvalue weighted by atomic mass is 16.6. The third kappa shape index (κ3) is 4.90. The summed E-state index contributed by atoms with van der Waals surface area (Å²) in [5.41, 5.74) is -1.31. The molecule has 1 aliphatic heterocycles. The summed E-state index contributed by atoms with van der Waals surface area (Å²) >= 11 is 0. The van der Waals surface area contributed by atoms with E-state index in [9.17, 15) is 19.5 Å². The van der Waals surface area contributed by atoms with Gasteiger partial charge in [-0.05, 0) is 43.1 Å². The second-order valence-electron chi connectivity index (χ2n) is 7.80. The highest BCUT2D eigenvalue weighted by Crippen LogP contribution is 2.37. The first-order valence-corrected chi connectivity index (χ1v) is 9.50. The van der Waals surface area contributed by atoms with E-state index >= 15 is 0 Å². The summed E-state index contributed by atoms with van der Waals surface area (Å²) in [6.45, 7) is 7.27. The number of hydrogen-bond donors (Lipinski definition) is 2. The molecule has 0 aromatic rings. The van der Waals surface area contributed by atoms with E-state index in [1.54, 1.807) is 6.92 Å². The average molecular weight is 392 g/mol. The minimum absolute atomic E-state index is 0.0583. The Labute approximate surface area is 164 Å². The van der Waals surface area contributed by atoms with Crippen molar-refractivity contribution >= 4 is 17.7 Å². The van der Waals surface area contributed by atoms with Gasteiger partial charge in [0.1, 0.15) is 11.9 Å². The Morgan fingerprint density at radius 1 is 1.39 bits per heavy atom. The lowest BCUT2D eigenvalue weighted by Crippen LogP contribution is -2.56. The van der Waals surface area contributed by atoms with Gasteiger partial charge < -0.3 is 19.7 Å². The summed E-state index contributed by atoms with van der Waals surface area (Å²) in [5.74, 6) is -2.37. The van der Waals surface area contributed by atoms with Gasteiger partial charge in [-0.1, -0.05) is 27.2 Å². The fourth-order valence-corrected chi connectivity index (χ4v) is 3.39. The highest BCUT2D eigenvalue weighted by molar-refractivity contribution is 5.99. The Morgan fingerprint density at radius 2 is 2.07 bits per heavy atom. The summed E-state index contributed by atoms with van der Waals surface area (Å²) in [6.07, 6.45) is 5.57. The SMILES string of the molecule is CC[C@H](C)C[C@H](C)C(=O)O[C@H]1[C@H]2COC(C=CC(=O)O)=CC2=CC(=O)[C@@]1(C)O. The average Bonchev–Trinajstić information content (AvgIpc) is 2.63. The zero-order valence-corrected chi connectivity index (χ0v) is 16.7. The van der Waals surface area contributed by atoms with Gasteiger partial charge in [-0.25, -0.2) is 4.79 Å². The van der Waals surface area contributed by atoms with Crippen LogP contribution in [-0.4, -0.2) is 46.2 Å². The fraction of sp³-hybridized carbons (Fsp3) is 0.571. The minimum atomic E-state index is -1.86. The molecule has 0 bridgehead atoms. The van der Waals surface area contributed by atoms with Crippen molar-refractivity contribution in [2.24, 2.45) is 17.8 Å². The molecule has 2 aliphatic rings. The predicted octanol–water partition coefficient (Wildman–Crippen LogP) is 2.40. The van der Waals surface area contributed by atoms with Gasteiger partial charge in [0, 0.05) is 6.08 Å². The first-order chi connectivity index (χ1) is 13.1. The van der Waals surface area contributed by atoms with Gasteiger partial charge >= 0.3 is 11.9 Å². The van der Waals surface area contributed by atoms with Crippen molar-refractivity contribution in [3.05, 3.63) is 35.6 Å². The van der Waals surface area contributed by atoms with Gasteiger partial charge in [0.2, 0.25) is 0 Å². The number of aliphatic hydroxyl groups is 1. The maximum absolute atomic E-state index is 12.6. The van der Waals surface area contributed by atoms with E-state index in [0.29, 0.717) is 17.9 Å². The number of carbonyl (C=O) groups is 3. The second kappa shape index (κ2) is 8.73. The van der Waals surface area contributed by atoms with Crippen LogP contribution >= 0.6 is 0 Å². The third-order valence-electron chi connectivity index (χ3n) is 5.37. The van der Waals surface area contributed by atoms with Crippen LogP contribution in [0.3, 0.4) is 0 Å². The second-order valence-corrected chi connectivity index (χ2v) is 7.80. The molecule has 0 radical (unpaired) electrons. The molecule has 7 heteroatoms. The molecule has 0 saturated heterocycles. The van der Waals surface area contributed by atoms with Crippen molar-refractivity contribution in [3.8, 4) is 0 Å². The molecule has 28 heavy (non-hydrogen) atoms. The van der Waals surface area contributed by atoms with E-state index < -0.39 is 35.3 Å². The molecule has 2 rings (SSSR count). The van der Waals surface area contributed by atoms with E-state index in [1.165, 1.54) is 25.2 Å². The number of allylic oxidation sites excluding steroid dienone is 2. The van der Waals surface area contributed by atoms with Crippen LogP contribution in [-0.2, 0) is 23.9 Å². The predicted molar refractivity (Wildman–Crippen MR) is 101 cm³/mol. The molecule has 2 N–H and O–H groups in total. The maximum atomic E-state index is 12.6. The van der Waals surface area contributed by atoms with Crippen LogP contribution in [0, 0.1) is 17.8 Å². The van der Waals surface area contributed by atoms with Crippen LogP contribution in [0.4, 0.5) is 0 Å². The molecular formula is C21H28O7. The summed E-state index contributed by atoms with van der Waals surface area (Å²) < 4.78 is 11.2. The Kier molecular flexibility index (Phi) is 6.82. The molecule has 1 aliphatic carbocycles. The number of hydrogen-bond acceptors (Lipinski definition) is 6. The molecule has 0 aromatic heterocycles. The van der Waals surface area contributed by atoms with E-state index in [4.69, 9.17) is 14.6 Å². The third-order valence-corrected chi connectivity index (χ3v) is 5.37. The molecule has 0 amide bonds. The first kappa shape index (κ1) is 21.9. The molecule has 5 atom stereocenters. The molecule has 0 spiro atoms. The number of rotatable bonds is 7. The Morgan fingerprint density at radius 3 is 2.68 bits per heavy atom. The normalized spacial score (nSPS) is 29.2. The summed E-state index contributed by atoms with van der Waals surface area (Å²) in [6, 6.07) is 0. The summed E-state index contributed by atoms with van der Waals surface area (Å²) in [7, 11) is 0. The molecule has 0 unspecified atom stereocenters. The van der Waals surface area contributed by atoms with Crippen molar-refractivity contribution in [3.63, 3.8) is 0 Å². The summed E-state index contributed by atoms with van der Waals surface area (Å²) in [4.78, 5) is 35.7. The fourth-order valence-electron chi connectivity index (χ4n) is 3.39. The Hall–Kier alpha value is -2.41. The molecule has 0 fully saturated rings.